The highest BCUT2D eigenvalue weighted by Crippen LogP contribution is 2.49. The zero-order valence-electron chi connectivity index (χ0n) is 43.0. The van der Waals surface area contributed by atoms with Gasteiger partial charge in [-0.2, -0.15) is 52.1 Å². The van der Waals surface area contributed by atoms with Crippen LogP contribution in [0.2, 0.25) is 0 Å². The van der Waals surface area contributed by atoms with Crippen molar-refractivity contribution in [3.05, 3.63) is 171 Å². The Morgan fingerprint density at radius 2 is 1.08 bits per heavy atom. The maximum atomic E-state index is 15.2. The van der Waals surface area contributed by atoms with Gasteiger partial charge < -0.3 is 40.4 Å². The normalized spacial score (nSPS) is 12.5. The van der Waals surface area contributed by atoms with E-state index in [-0.39, 0.29) is 28.3 Å². The number of aromatic hydroxyl groups is 1. The molecule has 0 radical (unpaired) electrons. The summed E-state index contributed by atoms with van der Waals surface area (Å²) < 4.78 is 190. The molecule has 31 nitrogen and oxygen atoms in total. The van der Waals surface area contributed by atoms with Crippen LogP contribution in [-0.4, -0.2) is 124 Å². The fourth-order valence-corrected chi connectivity index (χ4v) is 12.2. The molecule has 0 atom stereocenters. The first-order valence-corrected chi connectivity index (χ1v) is 31.1. The van der Waals surface area contributed by atoms with E-state index in [2.05, 4.69) is 30.6 Å². The Bertz CT molecular complexity index is 5240. The van der Waals surface area contributed by atoms with Crippen LogP contribution in [0.15, 0.2) is 157 Å². The van der Waals surface area contributed by atoms with Gasteiger partial charge >= 0.3 is 24.0 Å². The van der Waals surface area contributed by atoms with E-state index in [9.17, 15) is 99.4 Å². The number of carboxylic acids is 2. The summed E-state index contributed by atoms with van der Waals surface area (Å²) in [5, 5.41) is 34.0. The Labute approximate surface area is 492 Å². The van der Waals surface area contributed by atoms with E-state index in [0.29, 0.717) is 12.1 Å². The Morgan fingerprint density at radius 3 is 1.67 bits per heavy atom. The van der Waals surface area contributed by atoms with E-state index in [1.165, 1.54) is 30.3 Å². The summed E-state index contributed by atoms with van der Waals surface area (Å²) in [6.07, 6.45) is 0. The molecule has 88 heavy (non-hydrogen) atoms. The molecule has 0 fully saturated rings. The molecule has 450 valence electrons. The minimum atomic E-state index is -5.75. The maximum Gasteiger partial charge on any atom is 0.335 e. The lowest BCUT2D eigenvalue weighted by Gasteiger charge is -2.26. The number of nitrogens with one attached hydrogen (secondary N) is 3. The standard InChI is InChI=1S/C52H32N6O25S5/c59-45(24-4-3-5-29(17-24)85(70,71)72)43-40-30-6-1-2-7-31(30)46(60)41-34(20-36(44(42(40)41)55-47(43)61)83-35-13-10-23(18-39(35)88(79,80)81)22-8-11-28(12-9-22)84(67,68)69)53-32-19-33(38(87(76,77)78)21-37(32)86(73,74)75)54-50-56-51(66)58-52(57-50)82-27-15-25(48(62)63)14-26(16-27)49(64)65/h1-21,53H,(H,55,61)(H,62,63)(H,64,65)(H,67,68,69)(H,70,71,72)(H,73,74,75)(H,76,77,78)(H,79,80,81)(H2,54,56,57,58,66). The fraction of sp³-hybridized carbons (Fsp3) is 0. The van der Waals surface area contributed by atoms with Crippen molar-refractivity contribution in [3.8, 4) is 51.5 Å². The second kappa shape index (κ2) is 21.8. The number of nitrogens with zero attached hydrogens (tertiary/aromatic N) is 3. The molecule has 0 saturated heterocycles. The van der Waals surface area contributed by atoms with Crippen LogP contribution in [-0.2, 0) is 50.6 Å². The molecule has 2 heterocycles. The van der Waals surface area contributed by atoms with Crippen LogP contribution in [0.1, 0.15) is 52.6 Å². The molecular formula is C52H32N6O25S5. The first-order chi connectivity index (χ1) is 41.0. The van der Waals surface area contributed by atoms with E-state index in [0.717, 1.165) is 78.9 Å². The van der Waals surface area contributed by atoms with Gasteiger partial charge in [-0.1, -0.05) is 54.6 Å². The summed E-state index contributed by atoms with van der Waals surface area (Å²) in [4.78, 5) is 76.3. The fourth-order valence-electron chi connectivity index (χ4n) is 9.14. The first-order valence-electron chi connectivity index (χ1n) is 23.9. The molecule has 0 aliphatic heterocycles. The Balaban J connectivity index is 1.22. The number of aromatic amines is 1. The number of carbonyl (C=O) groups excluding carboxylic acids is 2. The van der Waals surface area contributed by atoms with Crippen molar-refractivity contribution >= 4 is 108 Å². The summed E-state index contributed by atoms with van der Waals surface area (Å²) in [7, 11) is -26.5. The number of ketones is 2. The summed E-state index contributed by atoms with van der Waals surface area (Å²) in [5.74, 6) is -8.53. The predicted molar refractivity (Wildman–Crippen MR) is 299 cm³/mol. The number of benzene rings is 7. The Kier molecular flexibility index (Phi) is 15.1. The molecule has 9 aromatic rings. The molecular weight excluding hydrogens is 1270 g/mol. The van der Waals surface area contributed by atoms with Crippen molar-refractivity contribution < 1.29 is 109 Å². The van der Waals surface area contributed by atoms with Gasteiger partial charge in [0.1, 0.15) is 26.2 Å². The average Bonchev–Trinajstić information content (AvgIpc) is 0.723. The molecule has 1 aliphatic rings. The largest absolute Gasteiger partial charge is 0.479 e. The van der Waals surface area contributed by atoms with Gasteiger partial charge in [-0.25, -0.2) is 9.59 Å². The molecule has 11 N–H and O–H groups in total. The number of fused-ring (bicyclic) bond motifs is 2. The predicted octanol–water partition coefficient (Wildman–Crippen LogP) is 6.23. The monoisotopic (exact) mass is 1300 g/mol. The second-order valence-corrected chi connectivity index (χ2v) is 25.5. The number of carboxylic acid groups (broad SMARTS) is 2. The van der Waals surface area contributed by atoms with Gasteiger partial charge in [0, 0.05) is 28.1 Å². The lowest BCUT2D eigenvalue weighted by atomic mass is 9.80. The van der Waals surface area contributed by atoms with E-state index >= 15 is 4.79 Å². The van der Waals surface area contributed by atoms with Gasteiger partial charge in [-0.05, 0) is 83.4 Å². The molecule has 7 aromatic carbocycles. The molecule has 0 unspecified atom stereocenters. The van der Waals surface area contributed by atoms with Crippen LogP contribution in [0.25, 0.3) is 33.2 Å². The van der Waals surface area contributed by atoms with Gasteiger partial charge in [0.2, 0.25) is 5.95 Å². The van der Waals surface area contributed by atoms with E-state index in [1.807, 2.05) is 0 Å². The van der Waals surface area contributed by atoms with Crippen molar-refractivity contribution in [1.29, 1.82) is 0 Å². The maximum absolute atomic E-state index is 15.2. The number of aromatic nitrogens is 4. The highest BCUT2D eigenvalue weighted by molar-refractivity contribution is 7.87. The van der Waals surface area contributed by atoms with Crippen LogP contribution in [0.5, 0.6) is 29.3 Å². The van der Waals surface area contributed by atoms with E-state index < -0.39 is 201 Å². The molecule has 0 amide bonds. The Hall–Kier alpha value is -10.4. The zero-order valence-corrected chi connectivity index (χ0v) is 47.1. The molecule has 10 rings (SSSR count). The second-order valence-electron chi connectivity index (χ2n) is 18.4. The molecule has 36 heteroatoms. The lowest BCUT2D eigenvalue weighted by Crippen LogP contribution is -2.24. The first kappa shape index (κ1) is 60.7. The minimum absolute atomic E-state index is 0.0376. The van der Waals surface area contributed by atoms with E-state index in [4.69, 9.17) is 9.47 Å². The SMILES string of the molecule is O=C(O)c1cc(Oc2nc(O)nc(Nc3cc(Nc4cc(Oc5ccc(-c6ccc(S(=O)(=O)O)cc6)cc5S(=O)(=O)O)c5[nH]c(=O)c(C(=O)c6cccc(S(=O)(=O)O)c6)c6c5c4C(=O)c4ccccc4-6)c(S(=O)(=O)O)cc3S(=O)(=O)O)n2)cc(C(=O)O)c1. The van der Waals surface area contributed by atoms with Crippen molar-refractivity contribution in [1.82, 2.24) is 19.9 Å². The molecule has 0 spiro atoms. The van der Waals surface area contributed by atoms with Gasteiger partial charge in [0.05, 0.1) is 54.6 Å². The Morgan fingerprint density at radius 1 is 0.489 bits per heavy atom. The molecule has 1 aliphatic carbocycles. The van der Waals surface area contributed by atoms with Gasteiger partial charge in [0.25, 0.3) is 56.1 Å². The number of aromatic carboxylic acids is 2. The quantitative estimate of drug-likeness (QED) is 0.0335. The summed E-state index contributed by atoms with van der Waals surface area (Å²) >= 11 is 0. The number of rotatable bonds is 18. The highest BCUT2D eigenvalue weighted by Gasteiger charge is 2.37. The minimum Gasteiger partial charge on any atom is -0.479 e. The van der Waals surface area contributed by atoms with Crippen LogP contribution in [0.3, 0.4) is 0 Å². The number of H-pyrrole nitrogens is 1. The number of anilines is 4. The van der Waals surface area contributed by atoms with E-state index in [1.54, 1.807) is 0 Å². The van der Waals surface area contributed by atoms with Crippen molar-refractivity contribution in [2.75, 3.05) is 10.6 Å². The van der Waals surface area contributed by atoms with Crippen molar-refractivity contribution in [2.24, 2.45) is 0 Å². The van der Waals surface area contributed by atoms with Gasteiger partial charge in [-0.15, -0.1) is 4.98 Å². The average molecular weight is 1300 g/mol. The topological polar surface area (TPSA) is 515 Å². The van der Waals surface area contributed by atoms with Crippen LogP contribution >= 0.6 is 0 Å². The van der Waals surface area contributed by atoms with Gasteiger partial charge in [-0.3, -0.25) is 37.1 Å². The van der Waals surface area contributed by atoms with Crippen LogP contribution < -0.4 is 25.7 Å². The van der Waals surface area contributed by atoms with Crippen LogP contribution in [0, 0.1) is 0 Å². The summed E-state index contributed by atoms with van der Waals surface area (Å²) in [5.41, 5.74) is -8.60. The number of hydrogen-bond acceptors (Lipinski definition) is 23. The van der Waals surface area contributed by atoms with Gasteiger partial charge in [0.15, 0.2) is 17.3 Å². The third-order valence-corrected chi connectivity index (χ3v) is 17.2. The number of hydrogen-bond donors (Lipinski definition) is 11. The molecule has 0 bridgehead atoms. The summed E-state index contributed by atoms with van der Waals surface area (Å²) in [6.45, 7) is 0. The number of pyridine rings is 1. The number of carbonyl (C=O) groups is 4. The zero-order chi connectivity index (χ0) is 63.9. The highest BCUT2D eigenvalue weighted by atomic mass is 32.2. The lowest BCUT2D eigenvalue weighted by molar-refractivity contribution is 0.0695. The van der Waals surface area contributed by atoms with Crippen molar-refractivity contribution in [2.45, 2.75) is 24.5 Å². The molecule has 2 aromatic heterocycles. The summed E-state index contributed by atoms with van der Waals surface area (Å²) in [6, 6.07) is 17.9. The third-order valence-electron chi connectivity index (χ3n) is 12.8. The smallest absolute Gasteiger partial charge is 0.335 e. The van der Waals surface area contributed by atoms with Crippen molar-refractivity contribution in [3.63, 3.8) is 0 Å². The number of ether oxygens (including phenoxy) is 2. The van der Waals surface area contributed by atoms with Crippen LogP contribution in [0.4, 0.5) is 23.0 Å². The third kappa shape index (κ3) is 12.0. The molecule has 0 saturated carbocycles.